The van der Waals surface area contributed by atoms with Gasteiger partial charge in [0.05, 0.1) is 24.8 Å². The molecule has 1 fully saturated rings. The van der Waals surface area contributed by atoms with E-state index in [-0.39, 0.29) is 5.78 Å². The second-order valence-corrected chi connectivity index (χ2v) is 4.12. The Morgan fingerprint density at radius 1 is 1.50 bits per heavy atom. The molecule has 0 atom stereocenters. The van der Waals surface area contributed by atoms with Crippen molar-refractivity contribution in [2.45, 2.75) is 0 Å². The molecule has 0 aromatic heterocycles. The van der Waals surface area contributed by atoms with Crippen LogP contribution in [0.4, 0.5) is 0 Å². The number of nitrogens with zero attached hydrogens (tertiary/aromatic N) is 1. The molecule has 0 amide bonds. The standard InChI is InChI=1S/C12H13ClNO2/c13-11-4-2-1-3-10(11)12(15)9-14-5-7-16-8-6-14/h1,3-4H,5-9H2. The zero-order valence-electron chi connectivity index (χ0n) is 8.91. The van der Waals surface area contributed by atoms with Crippen LogP contribution in [0.3, 0.4) is 0 Å². The normalized spacial score (nSPS) is 17.3. The van der Waals surface area contributed by atoms with E-state index in [0.717, 1.165) is 13.1 Å². The number of ether oxygens (including phenoxy) is 1. The minimum atomic E-state index is 0.0564. The summed E-state index contributed by atoms with van der Waals surface area (Å²) < 4.78 is 5.23. The summed E-state index contributed by atoms with van der Waals surface area (Å²) in [5.74, 6) is 0.0564. The Morgan fingerprint density at radius 3 is 2.94 bits per heavy atom. The van der Waals surface area contributed by atoms with Crippen molar-refractivity contribution in [2.75, 3.05) is 32.8 Å². The Morgan fingerprint density at radius 2 is 2.25 bits per heavy atom. The SMILES string of the molecule is O=C(CN1CCOCC1)c1cc[c]cc1Cl. The molecule has 0 unspecified atom stereocenters. The quantitative estimate of drug-likeness (QED) is 0.750. The Bertz CT molecular complexity index is 375. The third kappa shape index (κ3) is 2.82. The van der Waals surface area contributed by atoms with E-state index in [0.29, 0.717) is 30.3 Å². The van der Waals surface area contributed by atoms with E-state index >= 15 is 0 Å². The van der Waals surface area contributed by atoms with Gasteiger partial charge in [-0.2, -0.15) is 0 Å². The van der Waals surface area contributed by atoms with Gasteiger partial charge >= 0.3 is 0 Å². The molecule has 1 aromatic rings. The molecule has 16 heavy (non-hydrogen) atoms. The number of hydrogen-bond acceptors (Lipinski definition) is 3. The average molecular weight is 239 g/mol. The van der Waals surface area contributed by atoms with Crippen LogP contribution in [0.25, 0.3) is 0 Å². The summed E-state index contributed by atoms with van der Waals surface area (Å²) in [5.41, 5.74) is 0.576. The van der Waals surface area contributed by atoms with E-state index in [1.54, 1.807) is 18.2 Å². The summed E-state index contributed by atoms with van der Waals surface area (Å²) in [6.07, 6.45) is 0. The zero-order valence-corrected chi connectivity index (χ0v) is 9.67. The monoisotopic (exact) mass is 238 g/mol. The number of ketones is 1. The van der Waals surface area contributed by atoms with Gasteiger partial charge in [-0.25, -0.2) is 0 Å². The Kier molecular flexibility index (Phi) is 3.93. The van der Waals surface area contributed by atoms with Gasteiger partial charge in [0, 0.05) is 18.7 Å². The molecule has 0 aliphatic carbocycles. The number of Topliss-reactive ketones (excluding diaryl/α,β-unsaturated/α-hetero) is 1. The van der Waals surface area contributed by atoms with Gasteiger partial charge in [0.1, 0.15) is 0 Å². The van der Waals surface area contributed by atoms with Crippen LogP contribution >= 0.6 is 11.6 Å². The lowest BCUT2D eigenvalue weighted by Gasteiger charge is -2.25. The predicted octanol–water partition coefficient (Wildman–Crippen LogP) is 1.66. The fraction of sp³-hybridized carbons (Fsp3) is 0.417. The molecule has 1 saturated heterocycles. The van der Waals surface area contributed by atoms with Gasteiger partial charge in [0.25, 0.3) is 0 Å². The summed E-state index contributed by atoms with van der Waals surface area (Å²) in [6.45, 7) is 3.42. The van der Waals surface area contributed by atoms with Crippen LogP contribution < -0.4 is 0 Å². The third-order valence-corrected chi connectivity index (χ3v) is 2.90. The molecule has 4 heteroatoms. The number of hydrogen-bond donors (Lipinski definition) is 0. The van der Waals surface area contributed by atoms with Gasteiger partial charge in [-0.05, 0) is 18.2 Å². The highest BCUT2D eigenvalue weighted by Crippen LogP contribution is 2.15. The highest BCUT2D eigenvalue weighted by molar-refractivity contribution is 6.34. The molecule has 0 N–H and O–H groups in total. The van der Waals surface area contributed by atoms with Gasteiger partial charge in [0.15, 0.2) is 5.78 Å². The summed E-state index contributed by atoms with van der Waals surface area (Å²) in [6, 6.07) is 7.88. The van der Waals surface area contributed by atoms with E-state index in [4.69, 9.17) is 16.3 Å². The van der Waals surface area contributed by atoms with Crippen LogP contribution in [0.15, 0.2) is 18.2 Å². The maximum Gasteiger partial charge on any atom is 0.178 e. The average Bonchev–Trinajstić information content (AvgIpc) is 2.31. The minimum Gasteiger partial charge on any atom is -0.379 e. The lowest BCUT2D eigenvalue weighted by atomic mass is 10.1. The fourth-order valence-electron chi connectivity index (χ4n) is 1.68. The van der Waals surface area contributed by atoms with Crippen molar-refractivity contribution in [1.82, 2.24) is 4.90 Å². The van der Waals surface area contributed by atoms with Gasteiger partial charge in [-0.3, -0.25) is 9.69 Å². The van der Waals surface area contributed by atoms with Crippen LogP contribution in [0, 0.1) is 6.07 Å². The topological polar surface area (TPSA) is 29.5 Å². The third-order valence-electron chi connectivity index (χ3n) is 2.58. The second kappa shape index (κ2) is 5.43. The van der Waals surface area contributed by atoms with E-state index < -0.39 is 0 Å². The van der Waals surface area contributed by atoms with Gasteiger partial charge in [-0.15, -0.1) is 0 Å². The van der Waals surface area contributed by atoms with Crippen LogP contribution in [0.5, 0.6) is 0 Å². The fourth-order valence-corrected chi connectivity index (χ4v) is 1.92. The molecule has 0 spiro atoms. The van der Waals surface area contributed by atoms with E-state index in [9.17, 15) is 4.79 Å². The molecular formula is C12H13ClNO2. The number of benzene rings is 1. The highest BCUT2D eigenvalue weighted by Gasteiger charge is 2.16. The van der Waals surface area contributed by atoms with Gasteiger partial charge < -0.3 is 4.74 Å². The van der Waals surface area contributed by atoms with Crippen molar-refractivity contribution in [2.24, 2.45) is 0 Å². The van der Waals surface area contributed by atoms with Crippen molar-refractivity contribution < 1.29 is 9.53 Å². The van der Waals surface area contributed by atoms with Crippen LogP contribution in [-0.2, 0) is 4.74 Å². The second-order valence-electron chi connectivity index (χ2n) is 3.72. The number of carbonyl (C=O) groups excluding carboxylic acids is 1. The van der Waals surface area contributed by atoms with Crippen molar-refractivity contribution >= 4 is 17.4 Å². The predicted molar refractivity (Wildman–Crippen MR) is 61.9 cm³/mol. The van der Waals surface area contributed by atoms with Crippen LogP contribution in [0.2, 0.25) is 5.02 Å². The summed E-state index contributed by atoms with van der Waals surface area (Å²) in [7, 11) is 0. The number of halogens is 1. The first-order valence-corrected chi connectivity index (χ1v) is 5.64. The lowest BCUT2D eigenvalue weighted by Crippen LogP contribution is -2.39. The largest absolute Gasteiger partial charge is 0.379 e. The Labute approximate surface area is 100.0 Å². The highest BCUT2D eigenvalue weighted by atomic mass is 35.5. The summed E-state index contributed by atoms with van der Waals surface area (Å²) in [4.78, 5) is 14.0. The zero-order chi connectivity index (χ0) is 11.4. The van der Waals surface area contributed by atoms with E-state index in [1.807, 2.05) is 0 Å². The van der Waals surface area contributed by atoms with Crippen LogP contribution in [-0.4, -0.2) is 43.5 Å². The van der Waals surface area contributed by atoms with E-state index in [1.165, 1.54) is 0 Å². The molecule has 1 aliphatic rings. The van der Waals surface area contributed by atoms with Crippen molar-refractivity contribution in [3.63, 3.8) is 0 Å². The number of rotatable bonds is 3. The van der Waals surface area contributed by atoms with Crippen molar-refractivity contribution in [3.8, 4) is 0 Å². The maximum absolute atomic E-state index is 12.0. The molecule has 2 rings (SSSR count). The van der Waals surface area contributed by atoms with Crippen molar-refractivity contribution in [1.29, 1.82) is 0 Å². The summed E-state index contributed by atoms with van der Waals surface area (Å²) >= 11 is 5.94. The first kappa shape index (κ1) is 11.6. The van der Waals surface area contributed by atoms with Gasteiger partial charge in [-0.1, -0.05) is 17.7 Å². The summed E-state index contributed by atoms with van der Waals surface area (Å²) in [5, 5.41) is 0.473. The molecule has 1 aromatic carbocycles. The molecule has 85 valence electrons. The van der Waals surface area contributed by atoms with Crippen LogP contribution in [0.1, 0.15) is 10.4 Å². The molecule has 1 heterocycles. The minimum absolute atomic E-state index is 0.0564. The van der Waals surface area contributed by atoms with Crippen molar-refractivity contribution in [3.05, 3.63) is 34.9 Å². The Hall–Kier alpha value is -0.900. The molecular weight excluding hydrogens is 226 g/mol. The van der Waals surface area contributed by atoms with Gasteiger partial charge in [0.2, 0.25) is 0 Å². The maximum atomic E-state index is 12.0. The molecule has 1 aliphatic heterocycles. The lowest BCUT2D eigenvalue weighted by molar-refractivity contribution is 0.0371. The molecule has 0 bridgehead atoms. The number of morpholine rings is 1. The molecule has 3 nitrogen and oxygen atoms in total. The van der Waals surface area contributed by atoms with E-state index in [2.05, 4.69) is 11.0 Å². The Balaban J connectivity index is 2.00. The first-order chi connectivity index (χ1) is 7.77. The smallest absolute Gasteiger partial charge is 0.178 e. The number of carbonyl (C=O) groups is 1. The first-order valence-electron chi connectivity index (χ1n) is 5.26. The molecule has 1 radical (unpaired) electrons. The molecule has 0 saturated carbocycles.